The molecular formula is C76H60IrN5O2-. The van der Waals surface area contributed by atoms with Crippen LogP contribution < -0.4 is 0 Å². The zero-order chi connectivity index (χ0) is 57.0. The molecule has 14 aromatic rings. The van der Waals surface area contributed by atoms with E-state index in [-0.39, 0.29) is 37.1 Å². The Labute approximate surface area is 503 Å². The molecule has 7 nitrogen and oxygen atoms in total. The minimum Gasteiger partial charge on any atom is -0.512 e. The Morgan fingerprint density at radius 1 is 0.464 bits per heavy atom. The Hall–Kier alpha value is -9.85. The third-order valence-corrected chi connectivity index (χ3v) is 14.9. The average Bonchev–Trinajstić information content (AvgIpc) is 2.96. The molecule has 1 radical (unpaired) electrons. The van der Waals surface area contributed by atoms with E-state index in [0.29, 0.717) is 5.82 Å². The second kappa shape index (κ2) is 24.3. The van der Waals surface area contributed by atoms with Gasteiger partial charge in [-0.15, -0.1) is 35.4 Å². The summed E-state index contributed by atoms with van der Waals surface area (Å²) in [6, 6.07) is 93.4. The number of allylic oxidation sites excluding steroid dienone is 2. The van der Waals surface area contributed by atoms with E-state index < -0.39 is 0 Å². The molecule has 1 N–H and O–H groups in total. The summed E-state index contributed by atoms with van der Waals surface area (Å²) in [5.74, 6) is 0.624. The van der Waals surface area contributed by atoms with E-state index in [0.717, 1.165) is 72.8 Å². The Balaban J connectivity index is 0.000000218. The van der Waals surface area contributed by atoms with Crippen LogP contribution in [0.25, 0.3) is 122 Å². The molecule has 4 aromatic heterocycles. The normalized spacial score (nSPS) is 11.5. The van der Waals surface area contributed by atoms with E-state index >= 15 is 0 Å². The molecule has 0 fully saturated rings. The number of para-hydroxylation sites is 4. The van der Waals surface area contributed by atoms with Crippen LogP contribution in [-0.4, -0.2) is 35.0 Å². The monoisotopic (exact) mass is 1270 g/mol. The number of nitrogens with zero attached hydrogens (tertiary/aromatic N) is 5. The van der Waals surface area contributed by atoms with Crippen molar-refractivity contribution < 1.29 is 30.0 Å². The first-order valence-corrected chi connectivity index (χ1v) is 27.9. The SMILES string of the molecule is CC(=O)C=C(C)O.CC(C)(C)c1c[c-]c(-c2nccc3ccccc23)cc1.[Ir].c1ccc(-c2ccc(-c3cc(-c4cc(-n5c6ccccc6c6ccccc65)cc(-n5c6ccccc6c6ccccc65)c4)nc(-c4ccccc4)n3)cc2)cc1. The number of hydrogen-bond acceptors (Lipinski definition) is 5. The Morgan fingerprint density at radius 3 is 1.37 bits per heavy atom. The summed E-state index contributed by atoms with van der Waals surface area (Å²) in [4.78, 5) is 25.1. The molecule has 0 aliphatic rings. The maximum Gasteiger partial charge on any atom is 0.160 e. The summed E-state index contributed by atoms with van der Waals surface area (Å²) in [6.07, 6.45) is 3.03. The van der Waals surface area contributed by atoms with Gasteiger partial charge in [0, 0.05) is 82.0 Å². The number of carbonyl (C=O) groups excluding carboxylic acids is 1. The molecule has 0 aliphatic heterocycles. The maximum absolute atomic E-state index is 10.0. The largest absolute Gasteiger partial charge is 0.512 e. The van der Waals surface area contributed by atoms with Crippen LogP contribution in [0.4, 0.5) is 0 Å². The summed E-state index contributed by atoms with van der Waals surface area (Å²) in [7, 11) is 0. The predicted octanol–water partition coefficient (Wildman–Crippen LogP) is 19.4. The van der Waals surface area contributed by atoms with E-state index in [1.807, 2.05) is 36.5 Å². The molecule has 0 aliphatic carbocycles. The molecule has 0 amide bonds. The quantitative estimate of drug-likeness (QED) is 0.0931. The second-order valence-corrected chi connectivity index (χ2v) is 21.8. The van der Waals surface area contributed by atoms with Gasteiger partial charge in [-0.05, 0) is 101 Å². The second-order valence-electron chi connectivity index (χ2n) is 21.8. The van der Waals surface area contributed by atoms with Crippen molar-refractivity contribution in [1.29, 1.82) is 0 Å². The third kappa shape index (κ3) is 11.6. The number of rotatable bonds is 8. The van der Waals surface area contributed by atoms with Crippen LogP contribution in [0.15, 0.2) is 273 Å². The summed E-state index contributed by atoms with van der Waals surface area (Å²) in [5.41, 5.74) is 17.3. The van der Waals surface area contributed by atoms with Gasteiger partial charge in [-0.25, -0.2) is 9.97 Å². The molecule has 0 saturated carbocycles. The van der Waals surface area contributed by atoms with E-state index in [1.54, 1.807) is 0 Å². The van der Waals surface area contributed by atoms with Crippen molar-refractivity contribution >= 4 is 60.2 Å². The minimum absolute atomic E-state index is 0. The topological polar surface area (TPSA) is 85.8 Å². The van der Waals surface area contributed by atoms with Crippen LogP contribution in [0.1, 0.15) is 40.2 Å². The number of carbonyl (C=O) groups is 1. The molecule has 8 heteroatoms. The zero-order valence-electron chi connectivity index (χ0n) is 47.3. The number of aromatic nitrogens is 5. The minimum atomic E-state index is -0.125. The zero-order valence-corrected chi connectivity index (χ0v) is 49.7. The van der Waals surface area contributed by atoms with Crippen molar-refractivity contribution in [3.05, 3.63) is 284 Å². The molecule has 84 heavy (non-hydrogen) atoms. The van der Waals surface area contributed by atoms with Crippen LogP contribution in [-0.2, 0) is 30.3 Å². The third-order valence-electron chi connectivity index (χ3n) is 14.9. The Morgan fingerprint density at radius 2 is 0.905 bits per heavy atom. The fraction of sp³-hybridized carbons (Fsp3) is 0.0789. The number of fused-ring (bicyclic) bond motifs is 7. The summed E-state index contributed by atoms with van der Waals surface area (Å²) in [5, 5.41) is 15.6. The van der Waals surface area contributed by atoms with Gasteiger partial charge in [0.05, 0.1) is 39.2 Å². The first-order chi connectivity index (χ1) is 40.4. The summed E-state index contributed by atoms with van der Waals surface area (Å²) >= 11 is 0. The molecule has 0 saturated heterocycles. The number of hydrogen-bond donors (Lipinski definition) is 1. The van der Waals surface area contributed by atoms with Crippen molar-refractivity contribution in [2.24, 2.45) is 0 Å². The van der Waals surface area contributed by atoms with Gasteiger partial charge < -0.3 is 19.2 Å². The average molecular weight is 1270 g/mol. The van der Waals surface area contributed by atoms with Crippen molar-refractivity contribution in [3.63, 3.8) is 0 Å². The molecule has 10 aromatic carbocycles. The standard InChI is InChI=1S/C52H34N4.C19H18N.C5H8O2.Ir/c1-3-15-35(16-4-1)36-27-29-37(30-28-36)46-34-47(54-52(53-46)38-17-5-2-6-18-38)39-31-40(55-48-23-11-7-19-42(48)43-20-8-12-24-49(43)55)33-41(32-39)56-50-25-13-9-21-44(50)45-22-10-14-26-51(45)56;1-19(2,3)16-10-8-15(9-11-16)18-17-7-5-4-6-14(17)12-13-20-18;1-4(6)3-5(2)7;/h1-34H;4-8,10-13H,1-3H3;3,6H,1-2H3;/q;-1;;. The van der Waals surface area contributed by atoms with Gasteiger partial charge in [0.25, 0.3) is 0 Å². The van der Waals surface area contributed by atoms with Gasteiger partial charge in [0.2, 0.25) is 0 Å². The van der Waals surface area contributed by atoms with Crippen LogP contribution in [0, 0.1) is 6.07 Å². The molecule has 0 unspecified atom stereocenters. The fourth-order valence-corrected chi connectivity index (χ4v) is 11.0. The van der Waals surface area contributed by atoms with E-state index in [9.17, 15) is 4.79 Å². The first-order valence-electron chi connectivity index (χ1n) is 27.9. The maximum atomic E-state index is 10.0. The first kappa shape index (κ1) is 56.0. The van der Waals surface area contributed by atoms with Crippen LogP contribution >= 0.6 is 0 Å². The number of ketones is 1. The Bertz CT molecular complexity index is 4440. The van der Waals surface area contributed by atoms with Crippen molar-refractivity contribution in [3.8, 4) is 67.7 Å². The van der Waals surface area contributed by atoms with E-state index in [2.05, 4.69) is 265 Å². The van der Waals surface area contributed by atoms with Gasteiger partial charge >= 0.3 is 0 Å². The van der Waals surface area contributed by atoms with Crippen molar-refractivity contribution in [2.45, 2.75) is 40.0 Å². The van der Waals surface area contributed by atoms with E-state index in [1.165, 1.54) is 68.9 Å². The van der Waals surface area contributed by atoms with Gasteiger partial charge in [0.15, 0.2) is 11.6 Å². The van der Waals surface area contributed by atoms with Gasteiger partial charge in [-0.2, -0.15) is 0 Å². The predicted molar refractivity (Wildman–Crippen MR) is 344 cm³/mol. The van der Waals surface area contributed by atoms with Crippen molar-refractivity contribution in [1.82, 2.24) is 24.1 Å². The van der Waals surface area contributed by atoms with E-state index in [4.69, 9.17) is 15.1 Å². The van der Waals surface area contributed by atoms with Crippen LogP contribution in [0.2, 0.25) is 0 Å². The van der Waals surface area contributed by atoms with Gasteiger partial charge in [0.1, 0.15) is 0 Å². The summed E-state index contributed by atoms with van der Waals surface area (Å²) < 4.78 is 4.79. The number of benzene rings is 10. The molecular weight excluding hydrogens is 1210 g/mol. The molecule has 411 valence electrons. The smallest absolute Gasteiger partial charge is 0.160 e. The summed E-state index contributed by atoms with van der Waals surface area (Å²) in [6.45, 7) is 9.49. The molecule has 4 heterocycles. The van der Waals surface area contributed by atoms with Crippen LogP contribution in [0.3, 0.4) is 0 Å². The Kier molecular flexibility index (Phi) is 16.2. The molecule has 0 spiro atoms. The molecule has 0 bridgehead atoms. The van der Waals surface area contributed by atoms with Gasteiger partial charge in [-0.3, -0.25) is 4.79 Å². The van der Waals surface area contributed by atoms with Gasteiger partial charge in [-0.1, -0.05) is 203 Å². The van der Waals surface area contributed by atoms with Crippen LogP contribution in [0.5, 0.6) is 0 Å². The fourth-order valence-electron chi connectivity index (χ4n) is 11.0. The number of aliphatic hydroxyl groups excluding tert-OH is 1. The molecule has 0 atom stereocenters. The van der Waals surface area contributed by atoms with Crippen molar-refractivity contribution in [2.75, 3.05) is 0 Å². The molecule has 14 rings (SSSR count). The number of aliphatic hydroxyl groups is 1. The number of pyridine rings is 1.